The molecular weight excluding hydrogens is 424 g/mol. The monoisotopic (exact) mass is 437 g/mol. The molecule has 3 N–H and O–H groups in total. The summed E-state index contributed by atoms with van der Waals surface area (Å²) in [6.45, 7) is -0.306. The molecule has 150 valence electrons. The standard InChI is InChI=1S/C17H14Cl2FN7O2/c18-11-4-5-15(29-9-12-13(19)2-1-3-14(12)20)10(6-11)7-22-23-16(28)8-27-17(21)24-25-26-27/h1-7H,8-9H2,(H,23,28)(H2,21,24,26)/b22-7+. The summed E-state index contributed by atoms with van der Waals surface area (Å²) in [4.78, 5) is 11.9. The molecule has 1 amide bonds. The summed E-state index contributed by atoms with van der Waals surface area (Å²) in [5.74, 6) is -0.600. The van der Waals surface area contributed by atoms with Crippen LogP contribution in [0.15, 0.2) is 41.5 Å². The van der Waals surface area contributed by atoms with Crippen LogP contribution >= 0.6 is 23.2 Å². The average molecular weight is 438 g/mol. The number of aromatic nitrogens is 4. The molecule has 0 radical (unpaired) electrons. The Kier molecular flexibility index (Phi) is 6.57. The van der Waals surface area contributed by atoms with Gasteiger partial charge in [0.05, 0.1) is 11.2 Å². The molecule has 0 bridgehead atoms. The van der Waals surface area contributed by atoms with E-state index >= 15 is 0 Å². The second-order valence-electron chi connectivity index (χ2n) is 5.66. The second-order valence-corrected chi connectivity index (χ2v) is 6.50. The quantitative estimate of drug-likeness (QED) is 0.432. The summed E-state index contributed by atoms with van der Waals surface area (Å²) < 4.78 is 20.7. The fraction of sp³-hybridized carbons (Fsp3) is 0.118. The zero-order chi connectivity index (χ0) is 20.8. The number of hydrazone groups is 1. The molecule has 0 unspecified atom stereocenters. The molecule has 0 fully saturated rings. The highest BCUT2D eigenvalue weighted by Gasteiger charge is 2.10. The topological polar surface area (TPSA) is 120 Å². The molecule has 1 heterocycles. The van der Waals surface area contributed by atoms with Gasteiger partial charge in [0.1, 0.15) is 24.7 Å². The van der Waals surface area contributed by atoms with Gasteiger partial charge in [-0.15, -0.1) is 0 Å². The predicted octanol–water partition coefficient (Wildman–Crippen LogP) is 2.43. The van der Waals surface area contributed by atoms with Gasteiger partial charge in [-0.3, -0.25) is 4.79 Å². The number of nitrogen functional groups attached to an aromatic ring is 1. The lowest BCUT2D eigenvalue weighted by Gasteiger charge is -2.11. The van der Waals surface area contributed by atoms with E-state index < -0.39 is 11.7 Å². The van der Waals surface area contributed by atoms with Crippen LogP contribution in [0.25, 0.3) is 0 Å². The smallest absolute Gasteiger partial charge is 0.261 e. The van der Waals surface area contributed by atoms with Crippen LogP contribution in [-0.2, 0) is 17.9 Å². The minimum atomic E-state index is -0.497. The van der Waals surface area contributed by atoms with Gasteiger partial charge in [0, 0.05) is 16.1 Å². The number of carbonyl (C=O) groups is 1. The third kappa shape index (κ3) is 5.39. The number of ether oxygens (including phenoxy) is 1. The number of halogens is 3. The first-order valence-corrected chi connectivity index (χ1v) is 8.88. The molecule has 12 heteroatoms. The molecule has 0 aliphatic carbocycles. The number of amides is 1. The van der Waals surface area contributed by atoms with E-state index in [1.54, 1.807) is 24.3 Å². The number of hydrogen-bond donors (Lipinski definition) is 2. The fourth-order valence-electron chi connectivity index (χ4n) is 2.24. The summed E-state index contributed by atoms with van der Waals surface area (Å²) in [5.41, 5.74) is 8.49. The number of benzene rings is 2. The summed E-state index contributed by atoms with van der Waals surface area (Å²) in [5, 5.41) is 14.9. The first kappa shape index (κ1) is 20.5. The molecule has 3 aromatic rings. The number of tetrazole rings is 1. The van der Waals surface area contributed by atoms with Crippen molar-refractivity contribution in [3.05, 3.63) is 63.4 Å². The van der Waals surface area contributed by atoms with Crippen LogP contribution < -0.4 is 15.9 Å². The van der Waals surface area contributed by atoms with Crippen LogP contribution in [0, 0.1) is 5.82 Å². The van der Waals surface area contributed by atoms with Crippen LogP contribution in [0.3, 0.4) is 0 Å². The van der Waals surface area contributed by atoms with Crippen molar-refractivity contribution < 1.29 is 13.9 Å². The molecule has 1 aromatic heterocycles. The Hall–Kier alpha value is -3.24. The lowest BCUT2D eigenvalue weighted by Crippen LogP contribution is -2.24. The fourth-order valence-corrected chi connectivity index (χ4v) is 2.64. The van der Waals surface area contributed by atoms with E-state index in [0.717, 1.165) is 4.68 Å². The van der Waals surface area contributed by atoms with Gasteiger partial charge < -0.3 is 10.5 Å². The maximum absolute atomic E-state index is 13.9. The van der Waals surface area contributed by atoms with Gasteiger partial charge in [0.25, 0.3) is 5.91 Å². The highest BCUT2D eigenvalue weighted by atomic mass is 35.5. The molecule has 0 aliphatic heterocycles. The number of nitrogens with one attached hydrogen (secondary N) is 1. The summed E-state index contributed by atoms with van der Waals surface area (Å²) in [7, 11) is 0. The Balaban J connectivity index is 1.67. The number of hydrogen-bond acceptors (Lipinski definition) is 7. The molecule has 0 saturated carbocycles. The number of anilines is 1. The van der Waals surface area contributed by atoms with Crippen molar-refractivity contribution in [2.45, 2.75) is 13.2 Å². The summed E-state index contributed by atoms with van der Waals surface area (Å²) in [6, 6.07) is 9.16. The normalized spacial score (nSPS) is 11.0. The first-order chi connectivity index (χ1) is 13.9. The second kappa shape index (κ2) is 9.30. The van der Waals surface area contributed by atoms with E-state index in [-0.39, 0.29) is 29.7 Å². The molecule has 0 spiro atoms. The van der Waals surface area contributed by atoms with Crippen molar-refractivity contribution in [2.24, 2.45) is 5.10 Å². The Morgan fingerprint density at radius 3 is 2.90 bits per heavy atom. The maximum atomic E-state index is 13.9. The third-order valence-corrected chi connectivity index (χ3v) is 4.24. The van der Waals surface area contributed by atoms with Crippen molar-refractivity contribution in [1.29, 1.82) is 0 Å². The SMILES string of the molecule is Nc1nnnn1CC(=O)N/N=C/c1cc(Cl)ccc1OCc1c(F)cccc1Cl. The summed E-state index contributed by atoms with van der Waals surface area (Å²) in [6.07, 6.45) is 1.34. The molecular formula is C17H14Cl2FN7O2. The van der Waals surface area contributed by atoms with Crippen molar-refractivity contribution in [2.75, 3.05) is 5.73 Å². The number of carbonyl (C=O) groups excluding carboxylic acids is 1. The highest BCUT2D eigenvalue weighted by Crippen LogP contribution is 2.25. The molecule has 0 aliphatic rings. The van der Waals surface area contributed by atoms with Gasteiger partial charge in [-0.05, 0) is 40.8 Å². The Morgan fingerprint density at radius 2 is 2.17 bits per heavy atom. The van der Waals surface area contributed by atoms with E-state index in [1.807, 2.05) is 0 Å². The van der Waals surface area contributed by atoms with E-state index in [1.165, 1.54) is 18.3 Å². The van der Waals surface area contributed by atoms with Crippen molar-refractivity contribution in [1.82, 2.24) is 25.6 Å². The lowest BCUT2D eigenvalue weighted by molar-refractivity contribution is -0.121. The molecule has 0 saturated heterocycles. The van der Waals surface area contributed by atoms with Crippen LogP contribution in [0.2, 0.25) is 10.0 Å². The molecule has 0 atom stereocenters. The zero-order valence-corrected chi connectivity index (χ0v) is 16.2. The van der Waals surface area contributed by atoms with Crippen molar-refractivity contribution in [3.63, 3.8) is 0 Å². The van der Waals surface area contributed by atoms with E-state index in [4.69, 9.17) is 33.7 Å². The van der Waals surface area contributed by atoms with Gasteiger partial charge in [-0.1, -0.05) is 34.4 Å². The van der Waals surface area contributed by atoms with E-state index in [9.17, 15) is 9.18 Å². The third-order valence-electron chi connectivity index (χ3n) is 3.65. The molecule has 9 nitrogen and oxygen atoms in total. The van der Waals surface area contributed by atoms with E-state index in [0.29, 0.717) is 16.3 Å². The van der Waals surface area contributed by atoms with Gasteiger partial charge in [0.2, 0.25) is 5.95 Å². The molecule has 29 heavy (non-hydrogen) atoms. The Bertz CT molecular complexity index is 1040. The van der Waals surface area contributed by atoms with Gasteiger partial charge in [-0.2, -0.15) is 5.10 Å². The first-order valence-electron chi connectivity index (χ1n) is 8.13. The van der Waals surface area contributed by atoms with Crippen LogP contribution in [0.4, 0.5) is 10.3 Å². The van der Waals surface area contributed by atoms with Crippen LogP contribution in [0.1, 0.15) is 11.1 Å². The minimum Gasteiger partial charge on any atom is -0.488 e. The van der Waals surface area contributed by atoms with Crippen molar-refractivity contribution >= 4 is 41.3 Å². The lowest BCUT2D eigenvalue weighted by atomic mass is 10.2. The van der Waals surface area contributed by atoms with Crippen LogP contribution in [0.5, 0.6) is 5.75 Å². The number of rotatable bonds is 7. The minimum absolute atomic E-state index is 0.00135. The predicted molar refractivity (Wildman–Crippen MR) is 105 cm³/mol. The number of nitrogens with two attached hydrogens (primary N) is 1. The van der Waals surface area contributed by atoms with Gasteiger partial charge in [-0.25, -0.2) is 14.5 Å². The Morgan fingerprint density at radius 1 is 1.34 bits per heavy atom. The maximum Gasteiger partial charge on any atom is 0.261 e. The van der Waals surface area contributed by atoms with Gasteiger partial charge in [0.15, 0.2) is 0 Å². The summed E-state index contributed by atoms with van der Waals surface area (Å²) >= 11 is 12.0. The van der Waals surface area contributed by atoms with Gasteiger partial charge >= 0.3 is 0 Å². The number of nitrogens with zero attached hydrogens (tertiary/aromatic N) is 5. The van der Waals surface area contributed by atoms with E-state index in [2.05, 4.69) is 26.1 Å². The van der Waals surface area contributed by atoms with Crippen molar-refractivity contribution in [3.8, 4) is 5.75 Å². The molecule has 2 aromatic carbocycles. The zero-order valence-electron chi connectivity index (χ0n) is 14.7. The Labute approximate surface area is 174 Å². The molecule has 3 rings (SSSR count). The average Bonchev–Trinajstić information content (AvgIpc) is 3.07. The largest absolute Gasteiger partial charge is 0.488 e. The highest BCUT2D eigenvalue weighted by molar-refractivity contribution is 6.31. The van der Waals surface area contributed by atoms with Crippen LogP contribution in [-0.4, -0.2) is 32.3 Å².